The average Bonchev–Trinajstić information content (AvgIpc) is 3.44. The van der Waals surface area contributed by atoms with Gasteiger partial charge in [0.05, 0.1) is 23.2 Å². The zero-order chi connectivity index (χ0) is 23.1. The van der Waals surface area contributed by atoms with E-state index < -0.39 is 0 Å². The van der Waals surface area contributed by atoms with Crippen LogP contribution in [0.1, 0.15) is 43.7 Å². The van der Waals surface area contributed by atoms with Crippen LogP contribution in [-0.4, -0.2) is 24.9 Å². The molecule has 0 aliphatic heterocycles. The van der Waals surface area contributed by atoms with Gasteiger partial charge < -0.3 is 20.7 Å². The van der Waals surface area contributed by atoms with E-state index in [1.165, 1.54) is 19.3 Å². The Labute approximate surface area is 197 Å². The summed E-state index contributed by atoms with van der Waals surface area (Å²) in [7, 11) is 0. The summed E-state index contributed by atoms with van der Waals surface area (Å²) < 4.78 is 2.32. The molecule has 1 aliphatic rings. The van der Waals surface area contributed by atoms with Crippen molar-refractivity contribution < 1.29 is 5.11 Å². The quantitative estimate of drug-likeness (QED) is 0.248. The summed E-state index contributed by atoms with van der Waals surface area (Å²) in [4.78, 5) is 4.94. The molecular weight excluding hydrogens is 424 g/mol. The lowest BCUT2D eigenvalue weighted by molar-refractivity contribution is 0.282. The number of anilines is 3. The molecule has 0 radical (unpaired) electrons. The fourth-order valence-electron chi connectivity index (χ4n) is 5.15. The number of nitrogens with zero attached hydrogens (tertiary/aromatic N) is 3. The molecule has 1 aliphatic carbocycles. The first-order chi connectivity index (χ1) is 16.7. The van der Waals surface area contributed by atoms with Gasteiger partial charge in [0.2, 0.25) is 5.95 Å². The van der Waals surface area contributed by atoms with Gasteiger partial charge in [0.25, 0.3) is 0 Å². The third-order valence-corrected chi connectivity index (χ3v) is 6.89. The minimum atomic E-state index is 0.0192. The highest BCUT2D eigenvalue weighted by atomic mass is 16.3. The number of nitrogens with one attached hydrogen (secondary N) is 2. The maximum atomic E-state index is 9.70. The highest BCUT2D eigenvalue weighted by Crippen LogP contribution is 2.36. The molecule has 172 valence electrons. The van der Waals surface area contributed by atoms with Crippen LogP contribution in [0.4, 0.5) is 17.5 Å². The number of aliphatic hydroxyl groups is 1. The Hall–Kier alpha value is -3.84. The number of hydrogen-bond donors (Lipinski definition) is 4. The maximum absolute atomic E-state index is 9.70. The van der Waals surface area contributed by atoms with Gasteiger partial charge in [-0.1, -0.05) is 43.5 Å². The first kappa shape index (κ1) is 20.7. The normalized spacial score (nSPS) is 14.7. The smallest absolute Gasteiger partial charge is 0.209 e. The molecule has 0 atom stereocenters. The lowest BCUT2D eigenvalue weighted by Gasteiger charge is -2.25. The van der Waals surface area contributed by atoms with Crippen molar-refractivity contribution >= 4 is 39.4 Å². The van der Waals surface area contributed by atoms with Crippen molar-refractivity contribution in [3.8, 4) is 11.1 Å². The molecule has 0 saturated heterocycles. The number of H-pyrrole nitrogens is 1. The highest BCUT2D eigenvalue weighted by molar-refractivity contribution is 5.95. The van der Waals surface area contributed by atoms with Crippen molar-refractivity contribution in [2.75, 3.05) is 11.1 Å². The number of aliphatic hydroxyl groups excluding tert-OH is 1. The Morgan fingerprint density at radius 1 is 1.00 bits per heavy atom. The van der Waals surface area contributed by atoms with E-state index in [1.807, 2.05) is 36.4 Å². The van der Waals surface area contributed by atoms with Gasteiger partial charge >= 0.3 is 0 Å². The van der Waals surface area contributed by atoms with Gasteiger partial charge in [0.1, 0.15) is 0 Å². The monoisotopic (exact) mass is 452 g/mol. The third kappa shape index (κ3) is 3.68. The lowest BCUT2D eigenvalue weighted by Crippen LogP contribution is -2.15. The summed E-state index contributed by atoms with van der Waals surface area (Å²) in [6.45, 7) is 0.0192. The highest BCUT2D eigenvalue weighted by Gasteiger charge is 2.23. The minimum absolute atomic E-state index is 0.0192. The van der Waals surface area contributed by atoms with Crippen molar-refractivity contribution in [1.29, 1.82) is 0 Å². The van der Waals surface area contributed by atoms with Crippen LogP contribution in [0.2, 0.25) is 0 Å². The van der Waals surface area contributed by atoms with E-state index in [-0.39, 0.29) is 6.61 Å². The van der Waals surface area contributed by atoms with E-state index in [9.17, 15) is 5.11 Å². The molecule has 0 spiro atoms. The molecule has 3 aromatic carbocycles. The second kappa shape index (κ2) is 8.50. The first-order valence-corrected chi connectivity index (χ1v) is 11.9. The fraction of sp³-hybridized carbons (Fsp3) is 0.259. The summed E-state index contributed by atoms with van der Waals surface area (Å²) in [5, 5.41) is 22.0. The van der Waals surface area contributed by atoms with Crippen molar-refractivity contribution in [2.45, 2.75) is 44.8 Å². The van der Waals surface area contributed by atoms with Crippen molar-refractivity contribution in [1.82, 2.24) is 19.7 Å². The average molecular weight is 453 g/mol. The Kier molecular flexibility index (Phi) is 5.19. The fourth-order valence-corrected chi connectivity index (χ4v) is 5.15. The molecule has 1 saturated carbocycles. The van der Waals surface area contributed by atoms with Crippen LogP contribution < -0.4 is 11.1 Å². The number of fused-ring (bicyclic) bond motifs is 2. The molecule has 0 unspecified atom stereocenters. The van der Waals surface area contributed by atoms with Crippen molar-refractivity contribution in [3.63, 3.8) is 0 Å². The van der Waals surface area contributed by atoms with Crippen molar-refractivity contribution in [3.05, 3.63) is 66.2 Å². The van der Waals surface area contributed by atoms with Crippen LogP contribution in [0.3, 0.4) is 0 Å². The van der Waals surface area contributed by atoms with E-state index in [0.717, 1.165) is 68.9 Å². The van der Waals surface area contributed by atoms with E-state index in [0.29, 0.717) is 6.04 Å². The molecule has 7 heteroatoms. The van der Waals surface area contributed by atoms with Gasteiger partial charge in [-0.25, -0.2) is 4.98 Å². The number of nitrogens with two attached hydrogens (primary N) is 1. The number of nitrogen functional groups attached to an aromatic ring is 1. The van der Waals surface area contributed by atoms with Crippen LogP contribution in [0.15, 0.2) is 60.7 Å². The zero-order valence-corrected chi connectivity index (χ0v) is 19.0. The zero-order valence-electron chi connectivity index (χ0n) is 19.0. The third-order valence-electron chi connectivity index (χ3n) is 6.89. The summed E-state index contributed by atoms with van der Waals surface area (Å²) in [6.07, 6.45) is 5.98. The molecule has 1 fully saturated rings. The Balaban J connectivity index is 1.44. The van der Waals surface area contributed by atoms with Gasteiger partial charge in [0, 0.05) is 17.1 Å². The number of aromatic nitrogens is 4. The van der Waals surface area contributed by atoms with Crippen LogP contribution in [0.5, 0.6) is 0 Å². The van der Waals surface area contributed by atoms with Gasteiger partial charge in [0.15, 0.2) is 5.82 Å². The predicted octanol–water partition coefficient (Wildman–Crippen LogP) is 5.90. The molecule has 0 bridgehead atoms. The Morgan fingerprint density at radius 2 is 1.85 bits per heavy atom. The molecule has 6 rings (SSSR count). The maximum Gasteiger partial charge on any atom is 0.209 e. The molecule has 2 aromatic heterocycles. The molecule has 2 heterocycles. The first-order valence-electron chi connectivity index (χ1n) is 11.9. The summed E-state index contributed by atoms with van der Waals surface area (Å²) in [6, 6.07) is 20.5. The van der Waals surface area contributed by atoms with Crippen LogP contribution >= 0.6 is 0 Å². The standard InChI is InChI=1S/C27H28N6O/c28-20-6-4-5-18(14-20)19-10-12-23-22(15-19)26(32-31-23)30-27-29-24-11-9-17(16-34)13-25(24)33(27)21-7-2-1-3-8-21/h4-6,9-15,21,34H,1-3,7-8,16,28H2,(H2,29,30,31,32). The van der Waals surface area contributed by atoms with E-state index >= 15 is 0 Å². The topological polar surface area (TPSA) is 105 Å². The van der Waals surface area contributed by atoms with Gasteiger partial charge in [-0.15, -0.1) is 0 Å². The molecule has 34 heavy (non-hydrogen) atoms. The Bertz CT molecular complexity index is 1480. The SMILES string of the molecule is Nc1cccc(-c2ccc3[nH]nc(Nc4nc5ccc(CO)cc5n4C4CCCCC4)c3c2)c1. The van der Waals surface area contributed by atoms with E-state index in [2.05, 4.69) is 44.3 Å². The summed E-state index contributed by atoms with van der Waals surface area (Å²) >= 11 is 0. The molecule has 7 nitrogen and oxygen atoms in total. The van der Waals surface area contributed by atoms with Crippen LogP contribution in [-0.2, 0) is 6.61 Å². The van der Waals surface area contributed by atoms with Gasteiger partial charge in [-0.2, -0.15) is 5.10 Å². The Morgan fingerprint density at radius 3 is 2.68 bits per heavy atom. The van der Waals surface area contributed by atoms with Crippen LogP contribution in [0.25, 0.3) is 33.1 Å². The molecular formula is C27H28N6O. The lowest BCUT2D eigenvalue weighted by atomic mass is 9.95. The molecule has 0 amide bonds. The largest absolute Gasteiger partial charge is 0.399 e. The second-order valence-electron chi connectivity index (χ2n) is 9.16. The van der Waals surface area contributed by atoms with Gasteiger partial charge in [-0.05, 0) is 65.9 Å². The van der Waals surface area contributed by atoms with E-state index in [4.69, 9.17) is 10.7 Å². The molecule has 5 N–H and O–H groups in total. The number of benzene rings is 3. The summed E-state index contributed by atoms with van der Waals surface area (Å²) in [5.74, 6) is 1.54. The van der Waals surface area contributed by atoms with Crippen LogP contribution in [0, 0.1) is 0 Å². The number of aromatic amines is 1. The number of rotatable bonds is 5. The summed E-state index contributed by atoms with van der Waals surface area (Å²) in [5.41, 5.74) is 12.7. The van der Waals surface area contributed by atoms with Gasteiger partial charge in [-0.3, -0.25) is 5.10 Å². The number of imidazole rings is 1. The predicted molar refractivity (Wildman–Crippen MR) is 137 cm³/mol. The molecule has 5 aromatic rings. The number of hydrogen-bond acceptors (Lipinski definition) is 5. The van der Waals surface area contributed by atoms with Crippen molar-refractivity contribution in [2.24, 2.45) is 0 Å². The second-order valence-corrected chi connectivity index (χ2v) is 9.16. The minimum Gasteiger partial charge on any atom is -0.399 e. The van der Waals surface area contributed by atoms with E-state index in [1.54, 1.807) is 0 Å².